The average Bonchev–Trinajstić information content (AvgIpc) is 2.38. The third kappa shape index (κ3) is 5.30. The van der Waals surface area contributed by atoms with Crippen molar-refractivity contribution in [1.29, 1.82) is 0 Å². The van der Waals surface area contributed by atoms with E-state index in [-0.39, 0.29) is 17.2 Å². The number of carbonyl (C=O) groups excluding carboxylic acids is 1. The standard InChI is InChI=1S/C15H21NO4/c1-2-3-4-5-6-7-14(18)16-11-8-9-12(15(19)20)13(17)10-11/h8-10,17H,2-7H2,1H3,(H,16,18)(H,19,20). The van der Waals surface area contributed by atoms with E-state index in [9.17, 15) is 14.7 Å². The topological polar surface area (TPSA) is 86.6 Å². The molecule has 3 N–H and O–H groups in total. The maximum Gasteiger partial charge on any atom is 0.339 e. The molecule has 1 aromatic carbocycles. The molecule has 20 heavy (non-hydrogen) atoms. The van der Waals surface area contributed by atoms with Crippen LogP contribution in [0.15, 0.2) is 18.2 Å². The van der Waals surface area contributed by atoms with Gasteiger partial charge in [-0.1, -0.05) is 32.6 Å². The largest absolute Gasteiger partial charge is 0.507 e. The first-order chi connectivity index (χ1) is 9.54. The van der Waals surface area contributed by atoms with Crippen LogP contribution in [-0.2, 0) is 4.79 Å². The van der Waals surface area contributed by atoms with Crippen LogP contribution in [0.25, 0.3) is 0 Å². The molecule has 1 aromatic rings. The third-order valence-corrected chi connectivity index (χ3v) is 3.02. The number of carbonyl (C=O) groups is 2. The van der Waals surface area contributed by atoms with Gasteiger partial charge in [-0.2, -0.15) is 0 Å². The number of anilines is 1. The molecular formula is C15H21NO4. The summed E-state index contributed by atoms with van der Waals surface area (Å²) in [4.78, 5) is 22.4. The van der Waals surface area contributed by atoms with Gasteiger partial charge in [-0.3, -0.25) is 4.79 Å². The van der Waals surface area contributed by atoms with E-state index >= 15 is 0 Å². The number of hydrogen-bond donors (Lipinski definition) is 3. The second kappa shape index (κ2) is 8.19. The smallest absolute Gasteiger partial charge is 0.339 e. The fraction of sp³-hybridized carbons (Fsp3) is 0.467. The lowest BCUT2D eigenvalue weighted by atomic mass is 10.1. The molecule has 110 valence electrons. The number of unbranched alkanes of at least 4 members (excludes halogenated alkanes) is 4. The number of carboxylic acids is 1. The molecule has 0 atom stereocenters. The number of benzene rings is 1. The number of amides is 1. The molecule has 0 heterocycles. The Morgan fingerprint density at radius 1 is 1.15 bits per heavy atom. The van der Waals surface area contributed by atoms with Crippen molar-refractivity contribution in [1.82, 2.24) is 0 Å². The molecule has 0 aromatic heterocycles. The fourth-order valence-corrected chi connectivity index (χ4v) is 1.90. The third-order valence-electron chi connectivity index (χ3n) is 3.02. The maximum atomic E-state index is 11.7. The summed E-state index contributed by atoms with van der Waals surface area (Å²) in [5.41, 5.74) is 0.230. The zero-order valence-corrected chi connectivity index (χ0v) is 11.7. The van der Waals surface area contributed by atoms with Crippen molar-refractivity contribution in [2.24, 2.45) is 0 Å². The number of nitrogens with one attached hydrogen (secondary N) is 1. The van der Waals surface area contributed by atoms with E-state index in [2.05, 4.69) is 12.2 Å². The lowest BCUT2D eigenvalue weighted by molar-refractivity contribution is -0.116. The molecule has 0 radical (unpaired) electrons. The van der Waals surface area contributed by atoms with Gasteiger partial charge in [0, 0.05) is 18.2 Å². The zero-order chi connectivity index (χ0) is 15.0. The van der Waals surface area contributed by atoms with Gasteiger partial charge in [-0.25, -0.2) is 4.79 Å². The van der Waals surface area contributed by atoms with Gasteiger partial charge in [0.15, 0.2) is 0 Å². The number of carboxylic acid groups (broad SMARTS) is 1. The van der Waals surface area contributed by atoms with Crippen molar-refractivity contribution < 1.29 is 19.8 Å². The van der Waals surface area contributed by atoms with Crippen LogP contribution in [0.5, 0.6) is 5.75 Å². The van der Waals surface area contributed by atoms with Gasteiger partial charge in [0.1, 0.15) is 11.3 Å². The Labute approximate surface area is 118 Å². The second-order valence-corrected chi connectivity index (χ2v) is 4.75. The number of aromatic carboxylic acids is 1. The monoisotopic (exact) mass is 279 g/mol. The van der Waals surface area contributed by atoms with Crippen LogP contribution in [0.1, 0.15) is 55.8 Å². The first kappa shape index (κ1) is 16.0. The first-order valence-electron chi connectivity index (χ1n) is 6.90. The molecular weight excluding hydrogens is 258 g/mol. The summed E-state index contributed by atoms with van der Waals surface area (Å²) in [5.74, 6) is -1.67. The van der Waals surface area contributed by atoms with E-state index in [1.54, 1.807) is 0 Å². The summed E-state index contributed by atoms with van der Waals surface area (Å²) in [6.45, 7) is 2.14. The van der Waals surface area contributed by atoms with E-state index < -0.39 is 5.97 Å². The Balaban J connectivity index is 2.42. The van der Waals surface area contributed by atoms with Crippen molar-refractivity contribution in [3.8, 4) is 5.75 Å². The van der Waals surface area contributed by atoms with Crippen LogP contribution < -0.4 is 5.32 Å². The molecule has 5 nitrogen and oxygen atoms in total. The summed E-state index contributed by atoms with van der Waals surface area (Å²) >= 11 is 0. The van der Waals surface area contributed by atoms with Crippen LogP contribution in [0, 0.1) is 0 Å². The molecule has 5 heteroatoms. The summed E-state index contributed by atoms with van der Waals surface area (Å²) in [6, 6.07) is 3.99. The minimum Gasteiger partial charge on any atom is -0.507 e. The zero-order valence-electron chi connectivity index (χ0n) is 11.7. The maximum absolute atomic E-state index is 11.7. The van der Waals surface area contributed by atoms with Crippen molar-refractivity contribution >= 4 is 17.6 Å². The summed E-state index contributed by atoms with van der Waals surface area (Å²) < 4.78 is 0. The molecule has 0 aliphatic carbocycles. The van der Waals surface area contributed by atoms with Crippen molar-refractivity contribution in [2.45, 2.75) is 45.4 Å². The van der Waals surface area contributed by atoms with E-state index in [1.165, 1.54) is 31.0 Å². The second-order valence-electron chi connectivity index (χ2n) is 4.75. The Kier molecular flexibility index (Phi) is 6.56. The predicted octanol–water partition coefficient (Wildman–Crippen LogP) is 3.39. The summed E-state index contributed by atoms with van der Waals surface area (Å²) in [5, 5.41) is 20.9. The predicted molar refractivity (Wildman–Crippen MR) is 77.1 cm³/mol. The SMILES string of the molecule is CCCCCCCC(=O)Nc1ccc(C(=O)O)c(O)c1. The highest BCUT2D eigenvalue weighted by Gasteiger charge is 2.10. The van der Waals surface area contributed by atoms with E-state index in [4.69, 9.17) is 5.11 Å². The van der Waals surface area contributed by atoms with Crippen molar-refractivity contribution in [2.75, 3.05) is 5.32 Å². The van der Waals surface area contributed by atoms with Crippen LogP contribution in [0.3, 0.4) is 0 Å². The molecule has 0 bridgehead atoms. The highest BCUT2D eigenvalue weighted by Crippen LogP contribution is 2.22. The number of rotatable bonds is 8. The molecule has 0 spiro atoms. The highest BCUT2D eigenvalue weighted by molar-refractivity contribution is 5.94. The van der Waals surface area contributed by atoms with Crippen LogP contribution in [-0.4, -0.2) is 22.1 Å². The Hall–Kier alpha value is -2.04. The number of phenols is 1. The molecule has 0 unspecified atom stereocenters. The van der Waals surface area contributed by atoms with Crippen molar-refractivity contribution in [3.63, 3.8) is 0 Å². The Bertz CT molecular complexity index is 471. The Morgan fingerprint density at radius 3 is 2.45 bits per heavy atom. The molecule has 0 saturated carbocycles. The lowest BCUT2D eigenvalue weighted by Gasteiger charge is -2.07. The fourth-order valence-electron chi connectivity index (χ4n) is 1.90. The minimum absolute atomic E-state index is 0.121. The molecule has 0 aliphatic heterocycles. The minimum atomic E-state index is -1.20. The van der Waals surface area contributed by atoms with E-state index in [0.29, 0.717) is 12.1 Å². The summed E-state index contributed by atoms with van der Waals surface area (Å²) in [6.07, 6.45) is 5.80. The first-order valence-corrected chi connectivity index (χ1v) is 6.90. The van der Waals surface area contributed by atoms with Gasteiger partial charge in [-0.15, -0.1) is 0 Å². The van der Waals surface area contributed by atoms with Gasteiger partial charge < -0.3 is 15.5 Å². The molecule has 0 fully saturated rings. The Morgan fingerprint density at radius 2 is 1.85 bits per heavy atom. The summed E-state index contributed by atoms with van der Waals surface area (Å²) in [7, 11) is 0. The molecule has 1 amide bonds. The number of aromatic hydroxyl groups is 1. The number of hydrogen-bond acceptors (Lipinski definition) is 3. The van der Waals surface area contributed by atoms with E-state index in [1.807, 2.05) is 0 Å². The van der Waals surface area contributed by atoms with Crippen LogP contribution in [0.4, 0.5) is 5.69 Å². The van der Waals surface area contributed by atoms with Gasteiger partial charge in [0.25, 0.3) is 0 Å². The average molecular weight is 279 g/mol. The van der Waals surface area contributed by atoms with Crippen LogP contribution >= 0.6 is 0 Å². The molecule has 1 rings (SSSR count). The van der Waals surface area contributed by atoms with E-state index in [0.717, 1.165) is 19.3 Å². The highest BCUT2D eigenvalue weighted by atomic mass is 16.4. The van der Waals surface area contributed by atoms with Crippen molar-refractivity contribution in [3.05, 3.63) is 23.8 Å². The van der Waals surface area contributed by atoms with Crippen LogP contribution in [0.2, 0.25) is 0 Å². The quantitative estimate of drug-likeness (QED) is 0.636. The van der Waals surface area contributed by atoms with Gasteiger partial charge >= 0.3 is 5.97 Å². The molecule has 0 saturated heterocycles. The molecule has 0 aliphatic rings. The normalized spacial score (nSPS) is 10.2. The van der Waals surface area contributed by atoms with Gasteiger partial charge in [-0.05, 0) is 18.6 Å². The van der Waals surface area contributed by atoms with Gasteiger partial charge in [0.05, 0.1) is 0 Å². The lowest BCUT2D eigenvalue weighted by Crippen LogP contribution is -2.11. The van der Waals surface area contributed by atoms with Gasteiger partial charge in [0.2, 0.25) is 5.91 Å².